The van der Waals surface area contributed by atoms with E-state index in [9.17, 15) is 24.3 Å². The summed E-state index contributed by atoms with van der Waals surface area (Å²) in [6.07, 6.45) is 0. The van der Waals surface area contributed by atoms with Crippen molar-refractivity contribution < 1.29 is 28.8 Å². The van der Waals surface area contributed by atoms with Crippen molar-refractivity contribution in [2.24, 2.45) is 0 Å². The Balaban J connectivity index is 1.83. The molecule has 11 nitrogen and oxygen atoms in total. The summed E-state index contributed by atoms with van der Waals surface area (Å²) >= 11 is 0. The average Bonchev–Trinajstić information content (AvgIpc) is 3.26. The number of rotatable bonds is 6. The lowest BCUT2D eigenvalue weighted by Gasteiger charge is -2.14. The van der Waals surface area contributed by atoms with Gasteiger partial charge in [-0.3, -0.25) is 14.4 Å². The van der Waals surface area contributed by atoms with Crippen LogP contribution in [0.4, 0.5) is 17.1 Å². The summed E-state index contributed by atoms with van der Waals surface area (Å²) < 4.78 is 5.34. The second kappa shape index (κ2) is 10.0. The maximum Gasteiger partial charge on any atom is 0.337 e. The molecule has 0 unspecified atom stereocenters. The van der Waals surface area contributed by atoms with Crippen molar-refractivity contribution in [1.29, 1.82) is 5.26 Å². The Morgan fingerprint density at radius 1 is 0.865 bits per heavy atom. The zero-order chi connectivity index (χ0) is 26.7. The van der Waals surface area contributed by atoms with Crippen LogP contribution in [-0.2, 0) is 9.59 Å². The van der Waals surface area contributed by atoms with Crippen LogP contribution >= 0.6 is 0 Å². The van der Waals surface area contributed by atoms with Crippen LogP contribution in [-0.4, -0.2) is 34.0 Å². The molecule has 0 atom stereocenters. The lowest BCUT2D eigenvalue weighted by molar-refractivity contribution is -0.115. The highest BCUT2D eigenvalue weighted by Crippen LogP contribution is 2.38. The highest BCUT2D eigenvalue weighted by atomic mass is 16.5. The second-order valence-electron chi connectivity index (χ2n) is 7.96. The molecule has 0 bridgehead atoms. The number of hydrogen-bond acceptors (Lipinski definition) is 7. The van der Waals surface area contributed by atoms with E-state index >= 15 is 0 Å². The molecule has 1 aromatic heterocycles. The van der Waals surface area contributed by atoms with Gasteiger partial charge in [-0.15, -0.1) is 0 Å². The van der Waals surface area contributed by atoms with Gasteiger partial charge < -0.3 is 25.6 Å². The van der Waals surface area contributed by atoms with E-state index in [0.29, 0.717) is 22.5 Å². The molecule has 4 N–H and O–H groups in total. The van der Waals surface area contributed by atoms with Crippen molar-refractivity contribution in [3.8, 4) is 17.2 Å². The van der Waals surface area contributed by atoms with Crippen LogP contribution in [0, 0.1) is 11.3 Å². The topological polar surface area (TPSA) is 174 Å². The van der Waals surface area contributed by atoms with Gasteiger partial charge in [0.2, 0.25) is 11.8 Å². The predicted octanol–water partition coefficient (Wildman–Crippen LogP) is 4.23. The molecular formula is C26H19N5O6. The van der Waals surface area contributed by atoms with E-state index in [1.807, 2.05) is 6.07 Å². The van der Waals surface area contributed by atoms with E-state index in [4.69, 9.17) is 9.78 Å². The number of carbonyl (C=O) groups excluding carboxylic acids is 3. The fourth-order valence-electron chi connectivity index (χ4n) is 3.76. The molecule has 4 rings (SSSR count). The van der Waals surface area contributed by atoms with Gasteiger partial charge in [-0.1, -0.05) is 23.4 Å². The van der Waals surface area contributed by atoms with Gasteiger partial charge >= 0.3 is 5.97 Å². The minimum absolute atomic E-state index is 0.0289. The molecule has 0 fully saturated rings. The number of para-hydroxylation sites is 1. The molecule has 0 aliphatic rings. The van der Waals surface area contributed by atoms with Crippen molar-refractivity contribution in [2.45, 2.75) is 13.8 Å². The smallest absolute Gasteiger partial charge is 0.337 e. The van der Waals surface area contributed by atoms with E-state index in [1.165, 1.54) is 32.0 Å². The fourth-order valence-corrected chi connectivity index (χ4v) is 3.76. The largest absolute Gasteiger partial charge is 0.478 e. The molecule has 37 heavy (non-hydrogen) atoms. The van der Waals surface area contributed by atoms with E-state index in [2.05, 4.69) is 21.1 Å². The number of carboxylic acid groups (broad SMARTS) is 1. The molecule has 0 spiro atoms. The molecule has 11 heteroatoms. The van der Waals surface area contributed by atoms with Gasteiger partial charge in [0, 0.05) is 36.7 Å². The number of hydrogen-bond donors (Lipinski definition) is 4. The van der Waals surface area contributed by atoms with E-state index in [-0.39, 0.29) is 45.3 Å². The number of fused-ring (bicyclic) bond motifs is 1. The first kappa shape index (κ1) is 24.6. The minimum atomic E-state index is -1.32. The number of benzene rings is 3. The lowest BCUT2D eigenvalue weighted by Crippen LogP contribution is -2.15. The van der Waals surface area contributed by atoms with Crippen LogP contribution in [0.3, 0.4) is 0 Å². The molecule has 184 valence electrons. The Kier molecular flexibility index (Phi) is 6.66. The van der Waals surface area contributed by atoms with Gasteiger partial charge in [0.25, 0.3) is 5.91 Å². The van der Waals surface area contributed by atoms with E-state index in [0.717, 1.165) is 6.07 Å². The Morgan fingerprint density at radius 2 is 1.57 bits per heavy atom. The molecule has 3 amide bonds. The first-order valence-electron chi connectivity index (χ1n) is 10.8. The summed E-state index contributed by atoms with van der Waals surface area (Å²) in [5, 5.41) is 30.6. The summed E-state index contributed by atoms with van der Waals surface area (Å²) in [5.74, 6) is -2.72. The first-order valence-corrected chi connectivity index (χ1v) is 10.8. The van der Waals surface area contributed by atoms with Crippen molar-refractivity contribution >= 4 is 51.7 Å². The molecule has 0 saturated carbocycles. The summed E-state index contributed by atoms with van der Waals surface area (Å²) in [4.78, 5) is 48.4. The van der Waals surface area contributed by atoms with Crippen LogP contribution in [0.5, 0.6) is 0 Å². The Bertz CT molecular complexity index is 1630. The zero-order valence-electron chi connectivity index (χ0n) is 19.6. The van der Waals surface area contributed by atoms with Gasteiger partial charge in [0.05, 0.1) is 34.0 Å². The normalized spacial score (nSPS) is 10.4. The van der Waals surface area contributed by atoms with Gasteiger partial charge in [0.15, 0.2) is 11.3 Å². The van der Waals surface area contributed by atoms with E-state index < -0.39 is 11.9 Å². The van der Waals surface area contributed by atoms with Crippen LogP contribution in [0.25, 0.3) is 22.1 Å². The molecule has 4 aromatic rings. The number of anilines is 3. The number of aromatic nitrogens is 1. The first-order chi connectivity index (χ1) is 17.7. The summed E-state index contributed by atoms with van der Waals surface area (Å²) in [7, 11) is 0. The second-order valence-corrected chi connectivity index (χ2v) is 7.96. The highest BCUT2D eigenvalue weighted by Gasteiger charge is 2.22. The lowest BCUT2D eigenvalue weighted by atomic mass is 9.98. The molecule has 0 radical (unpaired) electrons. The Morgan fingerprint density at radius 3 is 2.24 bits per heavy atom. The molecular weight excluding hydrogens is 478 g/mol. The standard InChI is InChI=1S/C26H19N5O6/c1-13(32)28-20-6-4-3-5-16(20)17-10-19-23(11-22(17)29-14(2)33)37-31-24(19)25(34)30-21-8-7-15(12-27)9-18(21)26(35)36/h3-11H,1-2H3,(H,28,32)(H,29,33)(H,30,34)(H,35,36). The maximum atomic E-state index is 13.1. The third kappa shape index (κ3) is 5.13. The summed E-state index contributed by atoms with van der Waals surface area (Å²) in [6.45, 7) is 2.70. The zero-order valence-corrected chi connectivity index (χ0v) is 19.6. The van der Waals surface area contributed by atoms with Crippen LogP contribution in [0.15, 0.2) is 59.1 Å². The summed E-state index contributed by atoms with van der Waals surface area (Å²) in [5.41, 5.74) is 1.77. The fraction of sp³-hybridized carbons (Fsp3) is 0.0769. The number of amides is 3. The number of nitrogens with one attached hydrogen (secondary N) is 3. The number of aromatic carboxylic acids is 1. The van der Waals surface area contributed by atoms with Crippen LogP contribution < -0.4 is 16.0 Å². The third-order valence-corrected chi connectivity index (χ3v) is 5.29. The minimum Gasteiger partial charge on any atom is -0.478 e. The van der Waals surface area contributed by atoms with E-state index in [1.54, 1.807) is 30.3 Å². The SMILES string of the molecule is CC(=O)Nc1ccccc1-c1cc2c(C(=O)Nc3ccc(C#N)cc3C(=O)O)noc2cc1NC(C)=O. The van der Waals surface area contributed by atoms with Gasteiger partial charge in [-0.25, -0.2) is 4.79 Å². The van der Waals surface area contributed by atoms with Crippen molar-refractivity contribution in [1.82, 2.24) is 5.16 Å². The summed E-state index contributed by atoms with van der Waals surface area (Å²) in [6, 6.07) is 15.7. The number of carboxylic acids is 1. The average molecular weight is 497 g/mol. The Labute approximate surface area is 209 Å². The highest BCUT2D eigenvalue weighted by molar-refractivity contribution is 6.14. The third-order valence-electron chi connectivity index (χ3n) is 5.29. The molecule has 0 aliphatic heterocycles. The van der Waals surface area contributed by atoms with Crippen LogP contribution in [0.1, 0.15) is 40.3 Å². The van der Waals surface area contributed by atoms with Gasteiger partial charge in [-0.05, 0) is 30.3 Å². The number of nitriles is 1. The van der Waals surface area contributed by atoms with Crippen molar-refractivity contribution in [2.75, 3.05) is 16.0 Å². The molecule has 3 aromatic carbocycles. The quantitative estimate of drug-likeness (QED) is 0.306. The molecule has 0 saturated heterocycles. The number of nitrogens with zero attached hydrogens (tertiary/aromatic N) is 2. The van der Waals surface area contributed by atoms with Crippen molar-refractivity contribution in [3.05, 3.63) is 71.4 Å². The molecule has 1 heterocycles. The number of carbonyl (C=O) groups is 4. The van der Waals surface area contributed by atoms with Crippen LogP contribution in [0.2, 0.25) is 0 Å². The van der Waals surface area contributed by atoms with Crippen molar-refractivity contribution in [3.63, 3.8) is 0 Å². The monoisotopic (exact) mass is 497 g/mol. The Hall–Kier alpha value is -5.50. The molecule has 0 aliphatic carbocycles. The maximum absolute atomic E-state index is 13.1. The predicted molar refractivity (Wildman–Crippen MR) is 134 cm³/mol. The van der Waals surface area contributed by atoms with Gasteiger partial charge in [-0.2, -0.15) is 5.26 Å². The van der Waals surface area contributed by atoms with Gasteiger partial charge in [0.1, 0.15) is 0 Å².